The summed E-state index contributed by atoms with van der Waals surface area (Å²) < 4.78 is 5.35. The van der Waals surface area contributed by atoms with Crippen molar-refractivity contribution in [3.8, 4) is 5.75 Å². The number of hydrogen-bond donors (Lipinski definition) is 0. The molecular formula is C13H20OS2. The Kier molecular flexibility index (Phi) is 6.81. The molecule has 1 rings (SSSR count). The highest BCUT2D eigenvalue weighted by Crippen LogP contribution is 2.33. The summed E-state index contributed by atoms with van der Waals surface area (Å²) in [6, 6.07) is 6.47. The molecule has 0 saturated heterocycles. The molecule has 0 aromatic heterocycles. The molecule has 0 N–H and O–H groups in total. The second-order valence-corrected chi connectivity index (χ2v) is 5.92. The molecule has 0 saturated carbocycles. The van der Waals surface area contributed by atoms with Crippen LogP contribution in [0.4, 0.5) is 0 Å². The fourth-order valence-electron chi connectivity index (χ4n) is 1.35. The molecule has 0 aliphatic heterocycles. The first kappa shape index (κ1) is 13.8. The number of hydrogen-bond acceptors (Lipinski definition) is 3. The van der Waals surface area contributed by atoms with Gasteiger partial charge in [-0.1, -0.05) is 20.3 Å². The molecule has 16 heavy (non-hydrogen) atoms. The van der Waals surface area contributed by atoms with E-state index in [1.54, 1.807) is 7.11 Å². The van der Waals surface area contributed by atoms with Crippen LogP contribution in [0, 0.1) is 0 Å². The Labute approximate surface area is 107 Å². The van der Waals surface area contributed by atoms with Crippen LogP contribution in [0.5, 0.6) is 5.75 Å². The smallest absolute Gasteiger partial charge is 0.132 e. The van der Waals surface area contributed by atoms with Crippen LogP contribution in [0.15, 0.2) is 28.0 Å². The van der Waals surface area contributed by atoms with Gasteiger partial charge in [-0.2, -0.15) is 0 Å². The SMILES string of the molecule is CCCCSc1ccc(OC)c(SCC)c1. The van der Waals surface area contributed by atoms with Gasteiger partial charge in [-0.3, -0.25) is 0 Å². The molecule has 0 amide bonds. The second-order valence-electron chi connectivity index (χ2n) is 3.45. The van der Waals surface area contributed by atoms with E-state index in [9.17, 15) is 0 Å². The van der Waals surface area contributed by atoms with E-state index in [0.717, 1.165) is 11.5 Å². The van der Waals surface area contributed by atoms with E-state index in [1.165, 1.54) is 28.4 Å². The molecule has 1 aromatic rings. The third-order valence-corrected chi connectivity index (χ3v) is 4.20. The number of benzene rings is 1. The maximum atomic E-state index is 5.35. The Morgan fingerprint density at radius 1 is 1.19 bits per heavy atom. The third-order valence-electron chi connectivity index (χ3n) is 2.20. The summed E-state index contributed by atoms with van der Waals surface area (Å²) in [6.45, 7) is 4.40. The van der Waals surface area contributed by atoms with Crippen LogP contribution >= 0.6 is 23.5 Å². The van der Waals surface area contributed by atoms with Crippen LogP contribution < -0.4 is 4.74 Å². The maximum absolute atomic E-state index is 5.35. The number of thioether (sulfide) groups is 2. The fourth-order valence-corrected chi connectivity index (χ4v) is 3.27. The molecule has 0 spiro atoms. The molecule has 1 nitrogen and oxygen atoms in total. The summed E-state index contributed by atoms with van der Waals surface area (Å²) >= 11 is 3.78. The van der Waals surface area contributed by atoms with Crippen LogP contribution in [0.2, 0.25) is 0 Å². The highest BCUT2D eigenvalue weighted by atomic mass is 32.2. The van der Waals surface area contributed by atoms with Crippen LogP contribution in [0.1, 0.15) is 26.7 Å². The molecule has 0 radical (unpaired) electrons. The Morgan fingerprint density at radius 3 is 2.62 bits per heavy atom. The minimum atomic E-state index is 0.992. The van der Waals surface area contributed by atoms with E-state index in [-0.39, 0.29) is 0 Å². The molecule has 0 aliphatic rings. The molecule has 0 heterocycles. The van der Waals surface area contributed by atoms with Gasteiger partial charge in [0.2, 0.25) is 0 Å². The lowest BCUT2D eigenvalue weighted by Crippen LogP contribution is -1.87. The predicted molar refractivity (Wildman–Crippen MR) is 75.0 cm³/mol. The lowest BCUT2D eigenvalue weighted by Gasteiger charge is -2.09. The van der Waals surface area contributed by atoms with Crippen molar-refractivity contribution in [3.05, 3.63) is 18.2 Å². The minimum absolute atomic E-state index is 0.992. The minimum Gasteiger partial charge on any atom is -0.496 e. The van der Waals surface area contributed by atoms with Gasteiger partial charge in [0.1, 0.15) is 5.75 Å². The van der Waals surface area contributed by atoms with E-state index < -0.39 is 0 Å². The summed E-state index contributed by atoms with van der Waals surface area (Å²) in [6.07, 6.45) is 2.55. The molecule has 90 valence electrons. The van der Waals surface area contributed by atoms with E-state index in [1.807, 2.05) is 23.5 Å². The third kappa shape index (κ3) is 4.30. The van der Waals surface area contributed by atoms with Crippen molar-refractivity contribution in [3.63, 3.8) is 0 Å². The van der Waals surface area contributed by atoms with Crippen LogP contribution in [-0.2, 0) is 0 Å². The van der Waals surface area contributed by atoms with Gasteiger partial charge >= 0.3 is 0 Å². The number of ether oxygens (including phenoxy) is 1. The summed E-state index contributed by atoms with van der Waals surface area (Å²) in [5, 5.41) is 0. The van der Waals surface area contributed by atoms with Crippen molar-refractivity contribution in [1.82, 2.24) is 0 Å². The highest BCUT2D eigenvalue weighted by molar-refractivity contribution is 8.00. The quantitative estimate of drug-likeness (QED) is 0.517. The van der Waals surface area contributed by atoms with Gasteiger partial charge in [0, 0.05) is 4.90 Å². The largest absolute Gasteiger partial charge is 0.496 e. The number of rotatable bonds is 7. The Hall–Kier alpha value is -0.280. The Balaban J connectivity index is 2.68. The first-order valence-electron chi connectivity index (χ1n) is 5.75. The van der Waals surface area contributed by atoms with Gasteiger partial charge in [-0.15, -0.1) is 23.5 Å². The van der Waals surface area contributed by atoms with Crippen molar-refractivity contribution in [2.24, 2.45) is 0 Å². The van der Waals surface area contributed by atoms with Gasteiger partial charge in [0.05, 0.1) is 12.0 Å². The first-order chi connectivity index (χ1) is 7.81. The fraction of sp³-hybridized carbons (Fsp3) is 0.538. The molecule has 0 bridgehead atoms. The average Bonchev–Trinajstić information content (AvgIpc) is 2.30. The molecular weight excluding hydrogens is 236 g/mol. The Morgan fingerprint density at radius 2 is 2.00 bits per heavy atom. The zero-order chi connectivity index (χ0) is 11.8. The second kappa shape index (κ2) is 7.91. The topological polar surface area (TPSA) is 9.23 Å². The average molecular weight is 256 g/mol. The lowest BCUT2D eigenvalue weighted by atomic mass is 10.3. The van der Waals surface area contributed by atoms with Crippen molar-refractivity contribution >= 4 is 23.5 Å². The maximum Gasteiger partial charge on any atom is 0.132 e. The van der Waals surface area contributed by atoms with Gasteiger partial charge in [-0.25, -0.2) is 0 Å². The van der Waals surface area contributed by atoms with E-state index in [2.05, 4.69) is 32.0 Å². The first-order valence-corrected chi connectivity index (χ1v) is 7.72. The van der Waals surface area contributed by atoms with Crippen LogP contribution in [-0.4, -0.2) is 18.6 Å². The highest BCUT2D eigenvalue weighted by Gasteiger charge is 2.04. The number of methoxy groups -OCH3 is 1. The number of unbranched alkanes of at least 4 members (excludes halogenated alkanes) is 1. The van der Waals surface area contributed by atoms with Crippen molar-refractivity contribution in [1.29, 1.82) is 0 Å². The standard InChI is InChI=1S/C13H20OS2/c1-4-6-9-16-11-7-8-12(14-3)13(10-11)15-5-2/h7-8,10H,4-6,9H2,1-3H3. The lowest BCUT2D eigenvalue weighted by molar-refractivity contribution is 0.404. The van der Waals surface area contributed by atoms with Crippen molar-refractivity contribution in [2.45, 2.75) is 36.5 Å². The van der Waals surface area contributed by atoms with Gasteiger partial charge in [-0.05, 0) is 36.1 Å². The van der Waals surface area contributed by atoms with Crippen LogP contribution in [0.25, 0.3) is 0 Å². The molecule has 0 aliphatic carbocycles. The van der Waals surface area contributed by atoms with Crippen LogP contribution in [0.3, 0.4) is 0 Å². The monoisotopic (exact) mass is 256 g/mol. The summed E-state index contributed by atoms with van der Waals surface area (Å²) in [4.78, 5) is 2.61. The molecule has 0 fully saturated rings. The zero-order valence-corrected chi connectivity index (χ0v) is 11.9. The van der Waals surface area contributed by atoms with Gasteiger partial charge in [0.25, 0.3) is 0 Å². The predicted octanol–water partition coefficient (Wildman–Crippen LogP) is 4.70. The zero-order valence-electron chi connectivity index (χ0n) is 10.3. The van der Waals surface area contributed by atoms with E-state index in [4.69, 9.17) is 4.74 Å². The molecule has 0 atom stereocenters. The van der Waals surface area contributed by atoms with Gasteiger partial charge in [0.15, 0.2) is 0 Å². The summed E-state index contributed by atoms with van der Waals surface area (Å²) in [5.74, 6) is 3.28. The molecule has 1 aromatic carbocycles. The summed E-state index contributed by atoms with van der Waals surface area (Å²) in [7, 11) is 1.74. The van der Waals surface area contributed by atoms with E-state index >= 15 is 0 Å². The summed E-state index contributed by atoms with van der Waals surface area (Å²) in [5.41, 5.74) is 0. The van der Waals surface area contributed by atoms with E-state index in [0.29, 0.717) is 0 Å². The van der Waals surface area contributed by atoms with Crippen molar-refractivity contribution in [2.75, 3.05) is 18.6 Å². The Bertz CT molecular complexity index is 313. The van der Waals surface area contributed by atoms with Crippen molar-refractivity contribution < 1.29 is 4.74 Å². The van der Waals surface area contributed by atoms with Gasteiger partial charge < -0.3 is 4.74 Å². The molecule has 0 unspecified atom stereocenters. The normalized spacial score (nSPS) is 10.4. The molecule has 3 heteroatoms.